The number of carbonyl (C=O) groups excluding carboxylic acids is 2. The number of carbonyl (C=O) groups is 2. The molecule has 1 fully saturated rings. The highest BCUT2D eigenvalue weighted by Gasteiger charge is 2.28. The number of hydrogen-bond donors (Lipinski definition) is 1. The molecule has 6 heteroatoms. The van der Waals surface area contributed by atoms with E-state index in [-0.39, 0.29) is 24.2 Å². The summed E-state index contributed by atoms with van der Waals surface area (Å²) in [6.07, 6.45) is 5.52. The summed E-state index contributed by atoms with van der Waals surface area (Å²) >= 11 is 0. The lowest BCUT2D eigenvalue weighted by Crippen LogP contribution is -2.44. The van der Waals surface area contributed by atoms with E-state index in [0.717, 1.165) is 12.8 Å². The summed E-state index contributed by atoms with van der Waals surface area (Å²) in [4.78, 5) is 22.4. The van der Waals surface area contributed by atoms with E-state index in [9.17, 15) is 9.59 Å². The van der Waals surface area contributed by atoms with Crippen LogP contribution in [0, 0.1) is 11.8 Å². The minimum atomic E-state index is -0.0756. The first-order chi connectivity index (χ1) is 9.10. The molecule has 3 atom stereocenters. The maximum atomic E-state index is 11.9. The van der Waals surface area contributed by atoms with Gasteiger partial charge in [-0.1, -0.05) is 31.9 Å². The molecule has 1 aliphatic rings. The number of aldehydes is 1. The molecule has 0 saturated heterocycles. The third kappa shape index (κ3) is 3.39. The number of nitrogens with one attached hydrogen (secondary N) is 1. The zero-order valence-corrected chi connectivity index (χ0v) is 11.4. The van der Waals surface area contributed by atoms with E-state index in [1.54, 1.807) is 0 Å². The fourth-order valence-corrected chi connectivity index (χ4v) is 2.63. The highest BCUT2D eigenvalue weighted by Crippen LogP contribution is 2.29. The third-order valence-corrected chi connectivity index (χ3v) is 4.04. The van der Waals surface area contributed by atoms with E-state index in [0.29, 0.717) is 18.1 Å². The molecule has 1 saturated carbocycles. The summed E-state index contributed by atoms with van der Waals surface area (Å²) < 4.78 is 1.38. The molecule has 3 unspecified atom stereocenters. The molecular weight excluding hydrogens is 244 g/mol. The SMILES string of the molecule is CC1CCCC(NC(=O)Cn2cc(C=O)nn2)C1C. The average molecular weight is 264 g/mol. The van der Waals surface area contributed by atoms with Crippen molar-refractivity contribution in [3.8, 4) is 0 Å². The maximum absolute atomic E-state index is 11.9. The van der Waals surface area contributed by atoms with E-state index >= 15 is 0 Å². The molecule has 0 bridgehead atoms. The van der Waals surface area contributed by atoms with E-state index in [4.69, 9.17) is 0 Å². The van der Waals surface area contributed by atoms with Crippen molar-refractivity contribution in [1.82, 2.24) is 20.3 Å². The minimum absolute atomic E-state index is 0.0756. The van der Waals surface area contributed by atoms with Crippen molar-refractivity contribution in [3.05, 3.63) is 11.9 Å². The normalized spacial score (nSPS) is 26.9. The summed E-state index contributed by atoms with van der Waals surface area (Å²) in [5, 5.41) is 10.4. The van der Waals surface area contributed by atoms with Gasteiger partial charge < -0.3 is 5.32 Å². The van der Waals surface area contributed by atoms with Crippen LogP contribution in [0.4, 0.5) is 0 Å². The van der Waals surface area contributed by atoms with Gasteiger partial charge in [0.1, 0.15) is 12.2 Å². The predicted molar refractivity (Wildman–Crippen MR) is 69.5 cm³/mol. The van der Waals surface area contributed by atoms with Gasteiger partial charge in [0.05, 0.1) is 6.20 Å². The summed E-state index contributed by atoms with van der Waals surface area (Å²) in [5.41, 5.74) is 0.243. The minimum Gasteiger partial charge on any atom is -0.351 e. The number of aromatic nitrogens is 3. The number of rotatable bonds is 4. The molecule has 0 radical (unpaired) electrons. The van der Waals surface area contributed by atoms with Gasteiger partial charge in [-0.3, -0.25) is 9.59 Å². The van der Waals surface area contributed by atoms with E-state index in [2.05, 4.69) is 29.5 Å². The molecule has 1 aromatic heterocycles. The van der Waals surface area contributed by atoms with E-state index in [1.807, 2.05) is 0 Å². The van der Waals surface area contributed by atoms with E-state index in [1.165, 1.54) is 17.3 Å². The standard InChI is InChI=1S/C13H20N4O2/c1-9-4-3-5-12(10(9)2)14-13(19)7-17-6-11(8-18)15-16-17/h6,8-10,12H,3-5,7H2,1-2H3,(H,14,19). The van der Waals surface area contributed by atoms with E-state index < -0.39 is 0 Å². The molecule has 1 N–H and O–H groups in total. The largest absolute Gasteiger partial charge is 0.351 e. The van der Waals surface area contributed by atoms with Gasteiger partial charge in [0.15, 0.2) is 6.29 Å². The molecule has 0 aromatic carbocycles. The average Bonchev–Trinajstić information content (AvgIpc) is 2.82. The van der Waals surface area contributed by atoms with Crippen LogP contribution in [0.25, 0.3) is 0 Å². The number of hydrogen-bond acceptors (Lipinski definition) is 4. The molecular formula is C13H20N4O2. The van der Waals surface area contributed by atoms with Crippen molar-refractivity contribution in [3.63, 3.8) is 0 Å². The fourth-order valence-electron chi connectivity index (χ4n) is 2.63. The van der Waals surface area contributed by atoms with Gasteiger partial charge in [-0.15, -0.1) is 5.10 Å². The van der Waals surface area contributed by atoms with Crippen LogP contribution in [0.15, 0.2) is 6.20 Å². The Labute approximate surface area is 112 Å². The molecule has 0 aliphatic heterocycles. The van der Waals surface area contributed by atoms with Crippen LogP contribution in [0.2, 0.25) is 0 Å². The Hall–Kier alpha value is -1.72. The lowest BCUT2D eigenvalue weighted by molar-refractivity contribution is -0.123. The summed E-state index contributed by atoms with van der Waals surface area (Å²) in [6, 6.07) is 0.241. The van der Waals surface area contributed by atoms with Gasteiger partial charge >= 0.3 is 0 Å². The van der Waals surface area contributed by atoms with Crippen LogP contribution in [0.3, 0.4) is 0 Å². The van der Waals surface area contributed by atoms with Crippen LogP contribution in [0.5, 0.6) is 0 Å². The van der Waals surface area contributed by atoms with Crippen LogP contribution in [0.1, 0.15) is 43.6 Å². The van der Waals surface area contributed by atoms with Crippen LogP contribution in [-0.4, -0.2) is 33.2 Å². The smallest absolute Gasteiger partial charge is 0.242 e. The molecule has 1 aromatic rings. The van der Waals surface area contributed by atoms with Crippen molar-refractivity contribution in [2.45, 2.75) is 45.7 Å². The molecule has 2 rings (SSSR count). The first kappa shape index (κ1) is 13.7. The van der Waals surface area contributed by atoms with Crippen molar-refractivity contribution >= 4 is 12.2 Å². The van der Waals surface area contributed by atoms with Crippen molar-refractivity contribution in [2.75, 3.05) is 0 Å². The molecule has 104 valence electrons. The summed E-state index contributed by atoms with van der Waals surface area (Å²) in [5.74, 6) is 1.07. The van der Waals surface area contributed by atoms with Gasteiger partial charge in [-0.2, -0.15) is 0 Å². The summed E-state index contributed by atoms with van der Waals surface area (Å²) in [6.45, 7) is 4.53. The number of amides is 1. The van der Waals surface area contributed by atoms with Crippen molar-refractivity contribution in [2.24, 2.45) is 11.8 Å². The predicted octanol–water partition coefficient (Wildman–Crippen LogP) is 1.03. The van der Waals surface area contributed by atoms with Crippen LogP contribution >= 0.6 is 0 Å². The fraction of sp³-hybridized carbons (Fsp3) is 0.692. The third-order valence-electron chi connectivity index (χ3n) is 4.04. The van der Waals surface area contributed by atoms with Crippen molar-refractivity contribution < 1.29 is 9.59 Å². The molecule has 1 aliphatic carbocycles. The van der Waals surface area contributed by atoms with Gasteiger partial charge in [-0.25, -0.2) is 4.68 Å². The Morgan fingerprint density at radius 2 is 2.32 bits per heavy atom. The Bertz CT molecular complexity index is 457. The zero-order chi connectivity index (χ0) is 13.8. The van der Waals surface area contributed by atoms with Gasteiger partial charge in [0.2, 0.25) is 5.91 Å². The maximum Gasteiger partial charge on any atom is 0.242 e. The second kappa shape index (κ2) is 5.95. The molecule has 6 nitrogen and oxygen atoms in total. The Balaban J connectivity index is 1.88. The second-order valence-corrected chi connectivity index (χ2v) is 5.40. The van der Waals surface area contributed by atoms with Gasteiger partial charge in [0.25, 0.3) is 0 Å². The Morgan fingerprint density at radius 1 is 1.53 bits per heavy atom. The molecule has 1 heterocycles. The quantitative estimate of drug-likeness (QED) is 0.824. The first-order valence-corrected chi connectivity index (χ1v) is 6.75. The lowest BCUT2D eigenvalue weighted by atomic mass is 9.78. The van der Waals surface area contributed by atoms with Crippen molar-refractivity contribution in [1.29, 1.82) is 0 Å². The molecule has 19 heavy (non-hydrogen) atoms. The highest BCUT2D eigenvalue weighted by molar-refractivity contribution is 5.76. The number of nitrogens with zero attached hydrogens (tertiary/aromatic N) is 3. The lowest BCUT2D eigenvalue weighted by Gasteiger charge is -2.34. The Kier molecular flexibility index (Phi) is 4.29. The monoisotopic (exact) mass is 264 g/mol. The second-order valence-electron chi connectivity index (χ2n) is 5.40. The van der Waals surface area contributed by atoms with Crippen LogP contribution < -0.4 is 5.32 Å². The van der Waals surface area contributed by atoms with Gasteiger partial charge in [-0.05, 0) is 18.3 Å². The van der Waals surface area contributed by atoms with Crippen LogP contribution in [-0.2, 0) is 11.3 Å². The molecule has 1 amide bonds. The summed E-state index contributed by atoms with van der Waals surface area (Å²) in [7, 11) is 0. The first-order valence-electron chi connectivity index (χ1n) is 6.75. The zero-order valence-electron chi connectivity index (χ0n) is 11.4. The molecule has 0 spiro atoms. The topological polar surface area (TPSA) is 76.9 Å². The highest BCUT2D eigenvalue weighted by atomic mass is 16.2. The van der Waals surface area contributed by atoms with Gasteiger partial charge in [0, 0.05) is 6.04 Å². The Morgan fingerprint density at radius 3 is 3.00 bits per heavy atom.